The van der Waals surface area contributed by atoms with E-state index < -0.39 is 12.3 Å². The second-order valence-electron chi connectivity index (χ2n) is 11.2. The highest BCUT2D eigenvalue weighted by atomic mass is 19.4. The molecule has 3 atom stereocenters. The highest BCUT2D eigenvalue weighted by Crippen LogP contribution is 2.30. The van der Waals surface area contributed by atoms with Crippen LogP contribution in [0.1, 0.15) is 61.9 Å². The zero-order valence-corrected chi connectivity index (χ0v) is 24.8. The molecular weight excluding hydrogens is 561 g/mol. The summed E-state index contributed by atoms with van der Waals surface area (Å²) in [5.74, 6) is 0.756. The lowest BCUT2D eigenvalue weighted by Gasteiger charge is -2.37. The van der Waals surface area contributed by atoms with Crippen molar-refractivity contribution in [3.05, 3.63) is 71.9 Å². The standard InChI is InChI=1S/C33H39F3N2O5/c1-22(7-4-9-28-21-38(20-23(2)42-28)31-17-14-26(39)19-37-31)8-6-18-41-32(40)30-11-5-10-29(24(30)3)25-12-15-27(16-13-25)43-33(34,35)36/h5,10-17,19,22-23,28,39H,4,6-9,18,20-21H2,1-3H3/t22-,23?,28?/m1/s1. The third-order valence-corrected chi connectivity index (χ3v) is 7.63. The molecule has 3 aromatic rings. The zero-order valence-electron chi connectivity index (χ0n) is 24.8. The van der Waals surface area contributed by atoms with Gasteiger partial charge in [0.1, 0.15) is 17.3 Å². The van der Waals surface area contributed by atoms with Crippen LogP contribution >= 0.6 is 0 Å². The van der Waals surface area contributed by atoms with Crippen LogP contribution < -0.4 is 9.64 Å². The molecule has 2 aromatic carbocycles. The van der Waals surface area contributed by atoms with E-state index in [9.17, 15) is 23.1 Å². The Bertz CT molecular complexity index is 1330. The quantitative estimate of drug-likeness (QED) is 0.169. The van der Waals surface area contributed by atoms with Crippen molar-refractivity contribution in [2.24, 2.45) is 5.92 Å². The first kappa shape index (κ1) is 32.1. The molecule has 1 saturated heterocycles. The molecule has 43 heavy (non-hydrogen) atoms. The first-order chi connectivity index (χ1) is 20.5. The summed E-state index contributed by atoms with van der Waals surface area (Å²) in [5, 5.41) is 9.52. The van der Waals surface area contributed by atoms with Gasteiger partial charge < -0.3 is 24.2 Å². The number of alkyl halides is 3. The summed E-state index contributed by atoms with van der Waals surface area (Å²) in [7, 11) is 0. The minimum Gasteiger partial charge on any atom is -0.506 e. The number of aromatic nitrogens is 1. The average Bonchev–Trinajstić information content (AvgIpc) is 2.95. The van der Waals surface area contributed by atoms with Gasteiger partial charge >= 0.3 is 12.3 Å². The Hall–Kier alpha value is -3.79. The Morgan fingerprint density at radius 2 is 1.84 bits per heavy atom. The second-order valence-corrected chi connectivity index (χ2v) is 11.2. The molecule has 1 N–H and O–H groups in total. The number of esters is 1. The number of carbonyl (C=O) groups is 1. The lowest BCUT2D eigenvalue weighted by Crippen LogP contribution is -2.47. The summed E-state index contributed by atoms with van der Waals surface area (Å²) in [4.78, 5) is 19.4. The summed E-state index contributed by atoms with van der Waals surface area (Å²) in [6, 6.07) is 14.3. The minimum absolute atomic E-state index is 0.101. The normalized spacial score (nSPS) is 17.9. The number of pyridine rings is 1. The van der Waals surface area contributed by atoms with Crippen LogP contribution in [0.4, 0.5) is 19.0 Å². The first-order valence-electron chi connectivity index (χ1n) is 14.7. The third kappa shape index (κ3) is 9.61. The fourth-order valence-electron chi connectivity index (χ4n) is 5.48. The summed E-state index contributed by atoms with van der Waals surface area (Å²) < 4.78 is 53.1. The molecule has 7 nitrogen and oxygen atoms in total. The van der Waals surface area contributed by atoms with E-state index in [1.54, 1.807) is 25.1 Å². The molecule has 10 heteroatoms. The van der Waals surface area contributed by atoms with Crippen molar-refractivity contribution >= 4 is 11.8 Å². The largest absolute Gasteiger partial charge is 0.573 e. The van der Waals surface area contributed by atoms with Gasteiger partial charge in [-0.3, -0.25) is 0 Å². The van der Waals surface area contributed by atoms with Crippen LogP contribution in [-0.4, -0.2) is 54.3 Å². The van der Waals surface area contributed by atoms with Crippen molar-refractivity contribution in [3.63, 3.8) is 0 Å². The van der Waals surface area contributed by atoms with E-state index >= 15 is 0 Å². The SMILES string of the molecule is Cc1c(C(=O)OCCC[C@H](C)CCCC2CN(c3ccc(O)cn3)CC(C)O2)cccc1-c1ccc(OC(F)(F)F)cc1. The smallest absolute Gasteiger partial charge is 0.506 e. The van der Waals surface area contributed by atoms with Crippen LogP contribution in [0.25, 0.3) is 11.1 Å². The fraction of sp³-hybridized carbons (Fsp3) is 0.455. The van der Waals surface area contributed by atoms with Crippen LogP contribution in [0, 0.1) is 12.8 Å². The Balaban J connectivity index is 1.18. The molecule has 0 aliphatic carbocycles. The van der Waals surface area contributed by atoms with Gasteiger partial charge in [0, 0.05) is 13.1 Å². The maximum atomic E-state index is 12.8. The molecule has 0 spiro atoms. The number of hydrogen-bond donors (Lipinski definition) is 1. The number of rotatable bonds is 12. The van der Waals surface area contributed by atoms with E-state index in [2.05, 4.69) is 28.5 Å². The molecule has 2 unspecified atom stereocenters. The predicted molar refractivity (Wildman–Crippen MR) is 158 cm³/mol. The maximum Gasteiger partial charge on any atom is 0.573 e. The summed E-state index contributed by atoms with van der Waals surface area (Å²) in [6.45, 7) is 7.92. The molecule has 1 aliphatic rings. The number of aromatic hydroxyl groups is 1. The Morgan fingerprint density at radius 1 is 1.09 bits per heavy atom. The number of morpholine rings is 1. The number of ether oxygens (including phenoxy) is 3. The third-order valence-electron chi connectivity index (χ3n) is 7.63. The molecule has 1 aromatic heterocycles. The highest BCUT2D eigenvalue weighted by Gasteiger charge is 2.31. The van der Waals surface area contributed by atoms with E-state index in [4.69, 9.17) is 9.47 Å². The average molecular weight is 601 g/mol. The summed E-state index contributed by atoms with van der Waals surface area (Å²) in [5.41, 5.74) is 2.54. The Kier molecular flexibility index (Phi) is 10.9. The van der Waals surface area contributed by atoms with Crippen molar-refractivity contribution in [2.45, 2.75) is 71.4 Å². The summed E-state index contributed by atoms with van der Waals surface area (Å²) in [6.07, 6.45) is 1.66. The van der Waals surface area contributed by atoms with E-state index in [0.29, 0.717) is 29.2 Å². The highest BCUT2D eigenvalue weighted by molar-refractivity contribution is 5.93. The molecule has 1 fully saturated rings. The molecule has 0 amide bonds. The molecule has 232 valence electrons. The molecule has 2 heterocycles. The van der Waals surface area contributed by atoms with Crippen molar-refractivity contribution in [3.8, 4) is 22.6 Å². The van der Waals surface area contributed by atoms with Gasteiger partial charge in [0.2, 0.25) is 0 Å². The van der Waals surface area contributed by atoms with Crippen molar-refractivity contribution in [1.82, 2.24) is 4.98 Å². The van der Waals surface area contributed by atoms with Crippen LogP contribution in [-0.2, 0) is 9.47 Å². The van der Waals surface area contributed by atoms with E-state index in [-0.39, 0.29) is 23.7 Å². The monoisotopic (exact) mass is 600 g/mol. The van der Waals surface area contributed by atoms with Gasteiger partial charge in [-0.2, -0.15) is 0 Å². The summed E-state index contributed by atoms with van der Waals surface area (Å²) >= 11 is 0. The van der Waals surface area contributed by atoms with Crippen molar-refractivity contribution < 1.29 is 37.3 Å². The molecule has 0 saturated carbocycles. The topological polar surface area (TPSA) is 81.1 Å². The predicted octanol–water partition coefficient (Wildman–Crippen LogP) is 7.70. The second kappa shape index (κ2) is 14.6. The molecule has 0 bridgehead atoms. The number of nitrogens with zero attached hydrogens (tertiary/aromatic N) is 2. The van der Waals surface area contributed by atoms with Gasteiger partial charge in [0.15, 0.2) is 0 Å². The van der Waals surface area contributed by atoms with Crippen LogP contribution in [0.5, 0.6) is 11.5 Å². The van der Waals surface area contributed by atoms with Gasteiger partial charge in [0.25, 0.3) is 0 Å². The molecule has 4 rings (SSSR count). The first-order valence-corrected chi connectivity index (χ1v) is 14.7. The number of carbonyl (C=O) groups excluding carboxylic acids is 1. The lowest BCUT2D eigenvalue weighted by atomic mass is 9.96. The van der Waals surface area contributed by atoms with Crippen LogP contribution in [0.3, 0.4) is 0 Å². The minimum atomic E-state index is -4.75. The van der Waals surface area contributed by atoms with Gasteiger partial charge in [-0.1, -0.05) is 44.0 Å². The van der Waals surface area contributed by atoms with Crippen LogP contribution in [0.15, 0.2) is 60.8 Å². The molecular formula is C33H39F3N2O5. The maximum absolute atomic E-state index is 12.8. The van der Waals surface area contributed by atoms with E-state index in [1.807, 2.05) is 12.1 Å². The number of halogens is 3. The van der Waals surface area contributed by atoms with E-state index in [1.165, 1.54) is 30.5 Å². The zero-order chi connectivity index (χ0) is 31.0. The fourth-order valence-corrected chi connectivity index (χ4v) is 5.48. The Morgan fingerprint density at radius 3 is 2.53 bits per heavy atom. The van der Waals surface area contributed by atoms with Crippen molar-refractivity contribution in [2.75, 3.05) is 24.6 Å². The van der Waals surface area contributed by atoms with Gasteiger partial charge in [-0.25, -0.2) is 9.78 Å². The number of hydrogen-bond acceptors (Lipinski definition) is 7. The van der Waals surface area contributed by atoms with Gasteiger partial charge in [-0.15, -0.1) is 13.2 Å². The molecule has 1 aliphatic heterocycles. The lowest BCUT2D eigenvalue weighted by molar-refractivity contribution is -0.274. The van der Waals surface area contributed by atoms with E-state index in [0.717, 1.165) is 56.6 Å². The molecule has 0 radical (unpaired) electrons. The van der Waals surface area contributed by atoms with Crippen molar-refractivity contribution in [1.29, 1.82) is 0 Å². The van der Waals surface area contributed by atoms with Gasteiger partial charge in [-0.05, 0) is 86.1 Å². The number of benzene rings is 2. The Labute approximate surface area is 250 Å². The van der Waals surface area contributed by atoms with Gasteiger partial charge in [0.05, 0.1) is 30.6 Å². The number of anilines is 1. The van der Waals surface area contributed by atoms with Crippen LogP contribution in [0.2, 0.25) is 0 Å².